The Balaban J connectivity index is 1.97. The smallest absolute Gasteiger partial charge is 0.323 e. The molecule has 6 nitrogen and oxygen atoms in total. The summed E-state index contributed by atoms with van der Waals surface area (Å²) >= 11 is 0. The zero-order valence-electron chi connectivity index (χ0n) is 16.8. The lowest BCUT2D eigenvalue weighted by atomic mass is 9.91. The molecule has 0 spiro atoms. The molecule has 1 heterocycles. The number of carbonyl (C=O) groups is 1. The predicted molar refractivity (Wildman–Crippen MR) is 103 cm³/mol. The molecule has 0 aliphatic carbocycles. The van der Waals surface area contributed by atoms with Crippen LogP contribution in [-0.4, -0.2) is 57.0 Å². The summed E-state index contributed by atoms with van der Waals surface area (Å²) in [6, 6.07) is 6.71. The summed E-state index contributed by atoms with van der Waals surface area (Å²) in [6.07, 6.45) is 0.00747. The maximum Gasteiger partial charge on any atom is 0.323 e. The summed E-state index contributed by atoms with van der Waals surface area (Å²) in [5.74, 6) is -0.648. The first-order chi connectivity index (χ1) is 12.6. The van der Waals surface area contributed by atoms with Crippen LogP contribution in [0.15, 0.2) is 24.3 Å². The minimum atomic E-state index is -0.824. The Morgan fingerprint density at radius 1 is 1.26 bits per heavy atom. The monoisotopic (exact) mass is 379 g/mol. The van der Waals surface area contributed by atoms with E-state index in [9.17, 15) is 15.0 Å². The van der Waals surface area contributed by atoms with Gasteiger partial charge in [0.05, 0.1) is 18.8 Å². The number of aliphatic hydroxyl groups excluding tert-OH is 3. The van der Waals surface area contributed by atoms with E-state index in [0.717, 1.165) is 24.9 Å². The van der Waals surface area contributed by atoms with Gasteiger partial charge >= 0.3 is 5.97 Å². The van der Waals surface area contributed by atoms with Crippen LogP contribution >= 0.6 is 0 Å². The average molecular weight is 379 g/mol. The van der Waals surface area contributed by atoms with Crippen molar-refractivity contribution >= 4 is 5.97 Å². The van der Waals surface area contributed by atoms with Crippen molar-refractivity contribution in [3.63, 3.8) is 0 Å². The third kappa shape index (κ3) is 6.01. The molecule has 0 bridgehead atoms. The van der Waals surface area contributed by atoms with Crippen molar-refractivity contribution in [2.24, 2.45) is 5.92 Å². The highest BCUT2D eigenvalue weighted by atomic mass is 16.6. The second kappa shape index (κ2) is 9.15. The van der Waals surface area contributed by atoms with Gasteiger partial charge in [-0.05, 0) is 51.3 Å². The lowest BCUT2D eigenvalue weighted by Gasteiger charge is -2.31. The van der Waals surface area contributed by atoms with Gasteiger partial charge in [-0.2, -0.15) is 0 Å². The highest BCUT2D eigenvalue weighted by Crippen LogP contribution is 2.28. The third-order valence-corrected chi connectivity index (χ3v) is 5.07. The number of β-amino-alcohol motifs (C(OH)–C–C–N with tert-alkyl or cyclic N) is 1. The number of hydrogen-bond donors (Lipinski definition) is 3. The van der Waals surface area contributed by atoms with Crippen LogP contribution in [0.5, 0.6) is 0 Å². The minimum Gasteiger partial charge on any atom is -0.459 e. The van der Waals surface area contributed by atoms with Crippen LogP contribution in [0.2, 0.25) is 0 Å². The molecule has 1 aromatic carbocycles. The van der Waals surface area contributed by atoms with Crippen LogP contribution in [-0.2, 0) is 16.1 Å². The topological polar surface area (TPSA) is 90.2 Å². The number of benzene rings is 1. The second-order valence-electron chi connectivity index (χ2n) is 8.46. The SMILES string of the molecule is C[C@@H]([C@H](O)CN1CCC[C@H]1C(=O)OC(C)(C)C)[C@@H](O)c1ccc(CO)cc1. The Hall–Kier alpha value is -1.47. The predicted octanol–water partition coefficient (Wildman–Crippen LogP) is 2.02. The molecule has 1 fully saturated rings. The number of ether oxygens (including phenoxy) is 1. The highest BCUT2D eigenvalue weighted by Gasteiger charge is 2.36. The van der Waals surface area contributed by atoms with Gasteiger partial charge in [0.15, 0.2) is 0 Å². The van der Waals surface area contributed by atoms with Gasteiger partial charge in [0.1, 0.15) is 11.6 Å². The standard InChI is InChI=1S/C21H33NO5/c1-14(19(25)16-9-7-15(13-23)8-10-16)18(24)12-22-11-5-6-17(22)20(26)27-21(2,3)4/h7-10,14,17-19,23-25H,5-6,11-13H2,1-4H3/t14-,17-,18+,19+/m0/s1. The van der Waals surface area contributed by atoms with Crippen molar-refractivity contribution in [2.75, 3.05) is 13.1 Å². The number of rotatable bonds is 7. The largest absolute Gasteiger partial charge is 0.459 e. The molecule has 0 unspecified atom stereocenters. The van der Waals surface area contributed by atoms with Crippen molar-refractivity contribution in [1.29, 1.82) is 0 Å². The third-order valence-electron chi connectivity index (χ3n) is 5.07. The zero-order valence-corrected chi connectivity index (χ0v) is 16.8. The van der Waals surface area contributed by atoms with E-state index in [1.807, 2.05) is 25.7 Å². The number of aliphatic hydroxyl groups is 3. The van der Waals surface area contributed by atoms with Gasteiger partial charge in [-0.1, -0.05) is 31.2 Å². The van der Waals surface area contributed by atoms with E-state index in [4.69, 9.17) is 9.84 Å². The van der Waals surface area contributed by atoms with Crippen LogP contribution in [0.25, 0.3) is 0 Å². The summed E-state index contributed by atoms with van der Waals surface area (Å²) in [5, 5.41) is 30.4. The Bertz CT molecular complexity index is 610. The van der Waals surface area contributed by atoms with Crippen molar-refractivity contribution in [3.8, 4) is 0 Å². The van der Waals surface area contributed by atoms with Crippen molar-refractivity contribution < 1.29 is 24.9 Å². The normalized spacial score (nSPS) is 21.7. The highest BCUT2D eigenvalue weighted by molar-refractivity contribution is 5.76. The van der Waals surface area contributed by atoms with Crippen LogP contribution in [0.1, 0.15) is 57.8 Å². The summed E-state index contributed by atoms with van der Waals surface area (Å²) in [7, 11) is 0. The summed E-state index contributed by atoms with van der Waals surface area (Å²) in [4.78, 5) is 14.4. The fraction of sp³-hybridized carbons (Fsp3) is 0.667. The molecule has 0 saturated carbocycles. The molecule has 2 rings (SSSR count). The van der Waals surface area contributed by atoms with Crippen molar-refractivity contribution in [1.82, 2.24) is 4.90 Å². The quantitative estimate of drug-likeness (QED) is 0.628. The molecule has 152 valence electrons. The van der Waals surface area contributed by atoms with Gasteiger partial charge in [-0.15, -0.1) is 0 Å². The van der Waals surface area contributed by atoms with Crippen LogP contribution in [0.4, 0.5) is 0 Å². The van der Waals surface area contributed by atoms with Crippen LogP contribution < -0.4 is 0 Å². The molecule has 27 heavy (non-hydrogen) atoms. The average Bonchev–Trinajstić information content (AvgIpc) is 3.07. The molecular weight excluding hydrogens is 346 g/mol. The van der Waals surface area contributed by atoms with Gasteiger partial charge in [0.25, 0.3) is 0 Å². The van der Waals surface area contributed by atoms with Gasteiger partial charge in [0.2, 0.25) is 0 Å². The number of carbonyl (C=O) groups excluding carboxylic acids is 1. The maximum atomic E-state index is 12.4. The van der Waals surface area contributed by atoms with Gasteiger partial charge in [-0.3, -0.25) is 9.69 Å². The van der Waals surface area contributed by atoms with E-state index in [-0.39, 0.29) is 18.6 Å². The molecule has 0 amide bonds. The molecular formula is C21H33NO5. The first-order valence-corrected chi connectivity index (χ1v) is 9.65. The van der Waals surface area contributed by atoms with E-state index in [1.165, 1.54) is 0 Å². The van der Waals surface area contributed by atoms with E-state index < -0.39 is 23.7 Å². The van der Waals surface area contributed by atoms with Crippen molar-refractivity contribution in [2.45, 2.75) is 71.0 Å². The Kier molecular flexibility index (Phi) is 7.40. The number of hydrogen-bond acceptors (Lipinski definition) is 6. The molecule has 3 N–H and O–H groups in total. The lowest BCUT2D eigenvalue weighted by Crippen LogP contribution is -2.45. The van der Waals surface area contributed by atoms with Crippen LogP contribution in [0.3, 0.4) is 0 Å². The molecule has 0 aromatic heterocycles. The van der Waals surface area contributed by atoms with Gasteiger partial charge in [-0.25, -0.2) is 0 Å². The summed E-state index contributed by atoms with van der Waals surface area (Å²) in [6.45, 7) is 8.34. The van der Waals surface area contributed by atoms with Crippen LogP contribution in [0, 0.1) is 5.92 Å². The van der Waals surface area contributed by atoms with Gasteiger partial charge < -0.3 is 20.1 Å². The molecule has 1 aliphatic rings. The molecule has 4 atom stereocenters. The molecule has 0 radical (unpaired) electrons. The van der Waals surface area contributed by atoms with E-state index in [2.05, 4.69) is 0 Å². The Labute approximate surface area is 161 Å². The maximum absolute atomic E-state index is 12.4. The minimum absolute atomic E-state index is 0.0461. The molecule has 1 saturated heterocycles. The number of esters is 1. The summed E-state index contributed by atoms with van der Waals surface area (Å²) < 4.78 is 5.50. The van der Waals surface area contributed by atoms with Crippen molar-refractivity contribution in [3.05, 3.63) is 35.4 Å². The lowest BCUT2D eigenvalue weighted by molar-refractivity contribution is -0.160. The zero-order chi connectivity index (χ0) is 20.2. The van der Waals surface area contributed by atoms with E-state index in [1.54, 1.807) is 31.2 Å². The Morgan fingerprint density at radius 2 is 1.89 bits per heavy atom. The summed E-state index contributed by atoms with van der Waals surface area (Å²) in [5.41, 5.74) is 0.939. The fourth-order valence-electron chi connectivity index (χ4n) is 3.42. The first-order valence-electron chi connectivity index (χ1n) is 9.65. The van der Waals surface area contributed by atoms with Gasteiger partial charge in [0, 0.05) is 12.5 Å². The molecule has 6 heteroatoms. The fourth-order valence-corrected chi connectivity index (χ4v) is 3.42. The molecule has 1 aliphatic heterocycles. The first kappa shape index (κ1) is 21.8. The number of nitrogens with zero attached hydrogens (tertiary/aromatic N) is 1. The Morgan fingerprint density at radius 3 is 2.44 bits per heavy atom. The second-order valence-corrected chi connectivity index (χ2v) is 8.46. The van der Waals surface area contributed by atoms with E-state index >= 15 is 0 Å². The number of likely N-dealkylation sites (tertiary alicyclic amines) is 1. The molecule has 1 aromatic rings. The van der Waals surface area contributed by atoms with E-state index in [0.29, 0.717) is 12.1 Å².